The van der Waals surface area contributed by atoms with Gasteiger partial charge in [-0.05, 0) is 173 Å². The van der Waals surface area contributed by atoms with Crippen molar-refractivity contribution in [2.75, 3.05) is 56.1 Å². The molecule has 6 aromatic carbocycles. The number of carbonyl (C=O) groups is 6. The van der Waals surface area contributed by atoms with Crippen LogP contribution in [0.2, 0.25) is 0 Å². The summed E-state index contributed by atoms with van der Waals surface area (Å²) in [5, 5.41) is 14.7. The van der Waals surface area contributed by atoms with Crippen molar-refractivity contribution in [3.8, 4) is 28.7 Å². The summed E-state index contributed by atoms with van der Waals surface area (Å²) in [7, 11) is 0. The van der Waals surface area contributed by atoms with Gasteiger partial charge in [0.1, 0.15) is 35.4 Å². The summed E-state index contributed by atoms with van der Waals surface area (Å²) in [6.45, 7) is 13.5. The van der Waals surface area contributed by atoms with Gasteiger partial charge in [0.2, 0.25) is 10.3 Å². The van der Waals surface area contributed by atoms with E-state index in [9.17, 15) is 28.8 Å². The summed E-state index contributed by atoms with van der Waals surface area (Å²) in [5.41, 5.74) is 2.75. The molecule has 0 saturated carbocycles. The standard InChI is InChI=1S/C76H84N6O14S2/c1-5-9-11-21-44-81(75-79-64-27-17-19-29-67(64)97-75)77-53-57-52-62(40-41-63(57)74(88)95-61-38-36-60(37-39-61)90-47-24-14-16-26-49-92-70(84)8-4)94-71(85)43-50-93-72(86)56-33-42-66(96-73(87)55-31-34-59(35-32-55)89-46-23-13-15-25-48-91-69(83)7-3)58(51-56)54-78-82(45-22-12-10-6-2)76-80-65-28-18-20-30-68(65)98-76/h7-8,17-20,27-42,51-54H,3-6,9-16,21-26,43-50H2,1-2H3/b77-53+,78-54+. The van der Waals surface area contributed by atoms with E-state index in [4.69, 9.17) is 58.1 Å². The largest absolute Gasteiger partial charge is 0.494 e. The molecule has 0 bridgehead atoms. The molecule has 0 N–H and O–H groups in total. The SMILES string of the molecule is C=CC(=O)OCCCCCCOc1ccc(OC(=O)c2ccc(OC(=O)CCOC(=O)c3ccc(OC(=O)c4ccc(OCCCCCCOC(=O)C=C)cc4)c(/C=N/N(CCCCCC)c4nc5ccccc5s4)c3)cc2/C=N/N(CCCCCC)c2nc3ccccc3s2)cc1. The third kappa shape index (κ3) is 24.2. The molecule has 0 atom stereocenters. The number of hydrogen-bond acceptors (Lipinski definition) is 22. The van der Waals surface area contributed by atoms with Crippen molar-refractivity contribution in [2.24, 2.45) is 10.2 Å². The Morgan fingerprint density at radius 2 is 0.939 bits per heavy atom. The Morgan fingerprint density at radius 3 is 1.48 bits per heavy atom. The molecule has 0 aliphatic rings. The first-order valence-corrected chi connectivity index (χ1v) is 35.0. The molecule has 0 aliphatic heterocycles. The molecular formula is C76H84N6O14S2. The van der Waals surface area contributed by atoms with Gasteiger partial charge in [0.05, 0.1) is 82.4 Å². The Kier molecular flexibility index (Phi) is 30.5. The highest BCUT2D eigenvalue weighted by Crippen LogP contribution is 2.32. The van der Waals surface area contributed by atoms with Crippen molar-refractivity contribution < 1.29 is 66.7 Å². The molecule has 8 aromatic rings. The lowest BCUT2D eigenvalue weighted by molar-refractivity contribution is -0.138. The highest BCUT2D eigenvalue weighted by atomic mass is 32.1. The summed E-state index contributed by atoms with van der Waals surface area (Å²) < 4.78 is 47.3. The number of anilines is 2. The van der Waals surface area contributed by atoms with Crippen LogP contribution in [0, 0.1) is 0 Å². The van der Waals surface area contributed by atoms with E-state index < -0.39 is 35.8 Å². The second kappa shape index (κ2) is 40.5. The molecule has 0 saturated heterocycles. The van der Waals surface area contributed by atoms with Crippen LogP contribution in [0.15, 0.2) is 169 Å². The number of para-hydroxylation sites is 2. The Hall–Kier alpha value is -10.1. The molecule has 514 valence electrons. The quantitative estimate of drug-likeness (QED) is 0.00657. The minimum Gasteiger partial charge on any atom is -0.494 e. The fourth-order valence-electron chi connectivity index (χ4n) is 9.82. The average Bonchev–Trinajstić information content (AvgIpc) is 1.56. The minimum atomic E-state index is -0.762. The lowest BCUT2D eigenvalue weighted by atomic mass is 10.1. The maximum Gasteiger partial charge on any atom is 0.344 e. The molecule has 2 heterocycles. The summed E-state index contributed by atoms with van der Waals surface area (Å²) in [6, 6.07) is 37.9. The van der Waals surface area contributed by atoms with Crippen LogP contribution in [-0.4, -0.2) is 104 Å². The van der Waals surface area contributed by atoms with Crippen molar-refractivity contribution in [3.05, 3.63) is 187 Å². The molecule has 22 heteroatoms. The summed E-state index contributed by atoms with van der Waals surface area (Å²) in [5.74, 6) is -2.03. The number of hydrogen-bond donors (Lipinski definition) is 0. The second-order valence-electron chi connectivity index (χ2n) is 22.7. The van der Waals surface area contributed by atoms with Gasteiger partial charge in [-0.2, -0.15) is 10.2 Å². The van der Waals surface area contributed by atoms with E-state index in [1.54, 1.807) is 48.5 Å². The molecule has 0 amide bonds. The molecule has 8 rings (SSSR count). The van der Waals surface area contributed by atoms with Crippen molar-refractivity contribution >= 4 is 102 Å². The van der Waals surface area contributed by atoms with Crippen LogP contribution in [0.3, 0.4) is 0 Å². The lowest BCUT2D eigenvalue weighted by Gasteiger charge is -2.16. The molecule has 0 fully saturated rings. The Bertz CT molecular complexity index is 3910. The van der Waals surface area contributed by atoms with Gasteiger partial charge in [0.15, 0.2) is 0 Å². The molecule has 2 aromatic heterocycles. The van der Waals surface area contributed by atoms with Crippen molar-refractivity contribution in [3.63, 3.8) is 0 Å². The van der Waals surface area contributed by atoms with Crippen LogP contribution in [0.5, 0.6) is 28.7 Å². The first-order valence-electron chi connectivity index (χ1n) is 33.4. The molecule has 0 unspecified atom stereocenters. The lowest BCUT2D eigenvalue weighted by Crippen LogP contribution is -2.19. The van der Waals surface area contributed by atoms with Crippen molar-refractivity contribution in [1.82, 2.24) is 9.97 Å². The third-order valence-electron chi connectivity index (χ3n) is 15.1. The van der Waals surface area contributed by atoms with Crippen molar-refractivity contribution in [1.29, 1.82) is 0 Å². The number of thiazole rings is 2. The molecule has 20 nitrogen and oxygen atoms in total. The Morgan fingerprint density at radius 1 is 0.449 bits per heavy atom. The summed E-state index contributed by atoms with van der Waals surface area (Å²) >= 11 is 3.00. The molecule has 0 spiro atoms. The Labute approximate surface area is 579 Å². The van der Waals surface area contributed by atoms with E-state index in [1.165, 1.54) is 71.5 Å². The number of carbonyl (C=O) groups excluding carboxylic acids is 6. The molecule has 0 aliphatic carbocycles. The van der Waals surface area contributed by atoms with Crippen LogP contribution in [0.25, 0.3) is 20.4 Å². The molecule has 98 heavy (non-hydrogen) atoms. The highest BCUT2D eigenvalue weighted by Gasteiger charge is 2.21. The van der Waals surface area contributed by atoms with E-state index in [1.807, 2.05) is 58.5 Å². The van der Waals surface area contributed by atoms with Crippen LogP contribution in [0.1, 0.15) is 165 Å². The number of ether oxygens (including phenoxy) is 8. The number of hydrazone groups is 2. The minimum absolute atomic E-state index is 0.0954. The number of rotatable bonds is 43. The van der Waals surface area contributed by atoms with E-state index in [0.717, 1.165) is 135 Å². The van der Waals surface area contributed by atoms with Crippen LogP contribution < -0.4 is 33.7 Å². The van der Waals surface area contributed by atoms with E-state index in [-0.39, 0.29) is 47.0 Å². The van der Waals surface area contributed by atoms with Gasteiger partial charge in [0, 0.05) is 36.4 Å². The molecular weight excluding hydrogens is 1280 g/mol. The second-order valence-corrected chi connectivity index (χ2v) is 24.7. The van der Waals surface area contributed by atoms with Gasteiger partial charge < -0.3 is 37.9 Å². The first-order chi connectivity index (χ1) is 47.9. The predicted molar refractivity (Wildman–Crippen MR) is 384 cm³/mol. The van der Waals surface area contributed by atoms with E-state index in [2.05, 4.69) is 27.0 Å². The van der Waals surface area contributed by atoms with Gasteiger partial charge in [-0.15, -0.1) is 0 Å². The van der Waals surface area contributed by atoms with Crippen LogP contribution in [0.4, 0.5) is 10.3 Å². The van der Waals surface area contributed by atoms with Gasteiger partial charge in [-0.3, -0.25) is 4.79 Å². The normalized spacial score (nSPS) is 11.2. The Balaban J connectivity index is 0.947. The maximum atomic E-state index is 14.1. The predicted octanol–water partition coefficient (Wildman–Crippen LogP) is 16.7. The topological polar surface area (TPSA) is 233 Å². The van der Waals surface area contributed by atoms with E-state index in [0.29, 0.717) is 72.4 Å². The van der Waals surface area contributed by atoms with Crippen LogP contribution in [-0.2, 0) is 28.6 Å². The van der Waals surface area contributed by atoms with Crippen molar-refractivity contribution in [2.45, 2.75) is 123 Å². The zero-order valence-corrected chi connectivity index (χ0v) is 57.2. The average molecular weight is 1370 g/mol. The van der Waals surface area contributed by atoms with Gasteiger partial charge in [0.25, 0.3) is 0 Å². The molecule has 0 radical (unpaired) electrons. The first kappa shape index (κ1) is 73.7. The number of nitrogens with zero attached hydrogens (tertiary/aromatic N) is 6. The van der Waals surface area contributed by atoms with Gasteiger partial charge in [-0.25, -0.2) is 44.0 Å². The number of unbranched alkanes of at least 4 members (excludes halogenated alkanes) is 12. The number of esters is 6. The van der Waals surface area contributed by atoms with Gasteiger partial charge in [-0.1, -0.05) is 112 Å². The van der Waals surface area contributed by atoms with E-state index >= 15 is 0 Å². The number of fused-ring (bicyclic) bond motifs is 2. The fourth-order valence-corrected chi connectivity index (χ4v) is 11.7. The van der Waals surface area contributed by atoms with Crippen LogP contribution >= 0.6 is 22.7 Å². The fraction of sp³-hybridized carbons (Fsp3) is 0.342. The zero-order valence-electron chi connectivity index (χ0n) is 55.6. The highest BCUT2D eigenvalue weighted by molar-refractivity contribution is 7.22. The monoisotopic (exact) mass is 1370 g/mol. The number of aromatic nitrogens is 2. The zero-order chi connectivity index (χ0) is 69.1. The number of benzene rings is 6. The summed E-state index contributed by atoms with van der Waals surface area (Å²) in [6.07, 6.45) is 19.5. The third-order valence-corrected chi connectivity index (χ3v) is 17.2. The summed E-state index contributed by atoms with van der Waals surface area (Å²) in [4.78, 5) is 87.7. The van der Waals surface area contributed by atoms with Gasteiger partial charge >= 0.3 is 35.8 Å². The maximum absolute atomic E-state index is 14.1. The smallest absolute Gasteiger partial charge is 0.344 e.